The molecule has 0 aliphatic carbocycles. The van der Waals surface area contributed by atoms with Crippen LogP contribution in [0.2, 0.25) is 0 Å². The number of carbonyl (C=O) groups excluding carboxylic acids is 1. The highest BCUT2D eigenvalue weighted by Crippen LogP contribution is 2.21. The minimum absolute atomic E-state index is 0.0876. The Hall–Kier alpha value is -2.82. The van der Waals surface area contributed by atoms with Crippen molar-refractivity contribution in [3.8, 4) is 5.75 Å². The number of imidazole rings is 1. The maximum atomic E-state index is 12.1. The van der Waals surface area contributed by atoms with Crippen molar-refractivity contribution >= 4 is 16.9 Å². The van der Waals surface area contributed by atoms with Crippen LogP contribution in [0.4, 0.5) is 0 Å². The fourth-order valence-corrected chi connectivity index (χ4v) is 3.56. The van der Waals surface area contributed by atoms with Crippen LogP contribution in [0.15, 0.2) is 42.5 Å². The van der Waals surface area contributed by atoms with E-state index in [9.17, 15) is 4.79 Å². The number of para-hydroxylation sites is 2. The van der Waals surface area contributed by atoms with E-state index in [1.165, 1.54) is 11.1 Å². The Morgan fingerprint density at radius 1 is 1.06 bits per heavy atom. The number of carbonyl (C=O) groups is 1. The lowest BCUT2D eigenvalue weighted by atomic mass is 9.96. The summed E-state index contributed by atoms with van der Waals surface area (Å²) in [5.74, 6) is 2.12. The van der Waals surface area contributed by atoms with Crippen molar-refractivity contribution in [2.75, 3.05) is 13.2 Å². The first-order chi connectivity index (χ1) is 14.8. The quantitative estimate of drug-likeness (QED) is 0.482. The van der Waals surface area contributed by atoms with Crippen LogP contribution in [0.1, 0.15) is 50.6 Å². The fraction of sp³-hybridized carbons (Fsp3) is 0.462. The number of ether oxygens (including phenoxy) is 1. The molecule has 0 saturated carbocycles. The second-order valence-corrected chi connectivity index (χ2v) is 9.18. The van der Waals surface area contributed by atoms with Crippen molar-refractivity contribution in [1.82, 2.24) is 14.9 Å². The molecular formula is C26H35N3O2. The van der Waals surface area contributed by atoms with Crippen LogP contribution >= 0.6 is 0 Å². The minimum Gasteiger partial charge on any atom is -0.493 e. The number of fused-ring (bicyclic) bond motifs is 1. The molecule has 0 unspecified atom stereocenters. The average Bonchev–Trinajstić information content (AvgIpc) is 3.08. The summed E-state index contributed by atoms with van der Waals surface area (Å²) in [5, 5.41) is 3.03. The van der Waals surface area contributed by atoms with Crippen LogP contribution in [0.3, 0.4) is 0 Å². The van der Waals surface area contributed by atoms with Crippen molar-refractivity contribution in [2.45, 2.75) is 60.4 Å². The van der Waals surface area contributed by atoms with E-state index in [-0.39, 0.29) is 11.3 Å². The first-order valence-corrected chi connectivity index (χ1v) is 11.2. The molecule has 3 rings (SSSR count). The Balaban J connectivity index is 1.60. The highest BCUT2D eigenvalue weighted by Gasteiger charge is 2.20. The van der Waals surface area contributed by atoms with Gasteiger partial charge in [0.25, 0.3) is 0 Å². The molecule has 0 atom stereocenters. The van der Waals surface area contributed by atoms with Gasteiger partial charge in [0.1, 0.15) is 11.6 Å². The fourth-order valence-electron chi connectivity index (χ4n) is 3.56. The molecule has 3 aromatic rings. The van der Waals surface area contributed by atoms with Crippen LogP contribution in [-0.4, -0.2) is 28.6 Å². The van der Waals surface area contributed by atoms with Gasteiger partial charge in [-0.1, -0.05) is 45.0 Å². The highest BCUT2D eigenvalue weighted by molar-refractivity contribution is 5.81. The maximum absolute atomic E-state index is 12.1. The van der Waals surface area contributed by atoms with Gasteiger partial charge in [-0.2, -0.15) is 0 Å². The topological polar surface area (TPSA) is 56.1 Å². The van der Waals surface area contributed by atoms with Crippen LogP contribution < -0.4 is 10.1 Å². The van der Waals surface area contributed by atoms with Gasteiger partial charge in [0.15, 0.2) is 0 Å². The van der Waals surface area contributed by atoms with Gasteiger partial charge < -0.3 is 14.6 Å². The van der Waals surface area contributed by atoms with E-state index >= 15 is 0 Å². The molecule has 166 valence electrons. The van der Waals surface area contributed by atoms with Crippen molar-refractivity contribution < 1.29 is 9.53 Å². The Bertz CT molecular complexity index is 1030. The Morgan fingerprint density at radius 2 is 1.84 bits per heavy atom. The Kier molecular flexibility index (Phi) is 7.37. The smallest absolute Gasteiger partial charge is 0.225 e. The zero-order valence-corrected chi connectivity index (χ0v) is 19.5. The highest BCUT2D eigenvalue weighted by atomic mass is 16.5. The molecule has 0 spiro atoms. The van der Waals surface area contributed by atoms with Crippen LogP contribution in [0.5, 0.6) is 5.75 Å². The monoisotopic (exact) mass is 421 g/mol. The number of hydrogen-bond acceptors (Lipinski definition) is 3. The zero-order chi connectivity index (χ0) is 22.4. The molecule has 0 aliphatic rings. The number of aromatic nitrogens is 2. The van der Waals surface area contributed by atoms with E-state index in [1.807, 2.05) is 39.0 Å². The average molecular weight is 422 g/mol. The van der Waals surface area contributed by atoms with E-state index in [2.05, 4.69) is 48.0 Å². The van der Waals surface area contributed by atoms with Gasteiger partial charge in [-0.15, -0.1) is 0 Å². The van der Waals surface area contributed by atoms with Crippen LogP contribution in [0, 0.1) is 19.3 Å². The third kappa shape index (κ3) is 5.87. The number of hydrogen-bond donors (Lipinski definition) is 1. The summed E-state index contributed by atoms with van der Waals surface area (Å²) in [5.41, 5.74) is 4.27. The summed E-state index contributed by atoms with van der Waals surface area (Å²) in [4.78, 5) is 16.9. The number of nitrogens with one attached hydrogen (secondary N) is 1. The zero-order valence-electron chi connectivity index (χ0n) is 19.5. The molecule has 5 nitrogen and oxygen atoms in total. The van der Waals surface area contributed by atoms with Gasteiger partial charge in [-0.3, -0.25) is 4.79 Å². The third-order valence-corrected chi connectivity index (χ3v) is 5.62. The van der Waals surface area contributed by atoms with Gasteiger partial charge in [0.05, 0.1) is 17.6 Å². The molecule has 1 amide bonds. The molecular weight excluding hydrogens is 386 g/mol. The molecule has 1 N–H and O–H groups in total. The molecule has 0 saturated heterocycles. The SMILES string of the molecule is Cc1cccc(OCCCn2c(CCCNC(=O)C(C)(C)C)nc3ccccc32)c1C. The summed E-state index contributed by atoms with van der Waals surface area (Å²) in [6, 6.07) is 14.4. The molecule has 1 heterocycles. The Labute approximate surface area is 185 Å². The molecule has 0 bridgehead atoms. The second-order valence-electron chi connectivity index (χ2n) is 9.18. The minimum atomic E-state index is -0.358. The van der Waals surface area contributed by atoms with Crippen LogP contribution in [-0.2, 0) is 17.8 Å². The van der Waals surface area contributed by atoms with E-state index in [4.69, 9.17) is 9.72 Å². The second kappa shape index (κ2) is 9.99. The van der Waals surface area contributed by atoms with E-state index in [0.29, 0.717) is 13.2 Å². The number of aryl methyl sites for hydroxylation is 3. The van der Waals surface area contributed by atoms with Gasteiger partial charge in [0.2, 0.25) is 5.91 Å². The molecule has 0 radical (unpaired) electrons. The largest absolute Gasteiger partial charge is 0.493 e. The van der Waals surface area contributed by atoms with Crippen molar-refractivity contribution in [3.63, 3.8) is 0 Å². The van der Waals surface area contributed by atoms with Gasteiger partial charge >= 0.3 is 0 Å². The van der Waals surface area contributed by atoms with Crippen molar-refractivity contribution in [3.05, 3.63) is 59.4 Å². The Morgan fingerprint density at radius 3 is 2.61 bits per heavy atom. The summed E-state index contributed by atoms with van der Waals surface area (Å²) >= 11 is 0. The van der Waals surface area contributed by atoms with E-state index < -0.39 is 0 Å². The number of nitrogens with zero attached hydrogens (tertiary/aromatic N) is 2. The summed E-state index contributed by atoms with van der Waals surface area (Å²) in [7, 11) is 0. The van der Waals surface area contributed by atoms with Gasteiger partial charge in [-0.05, 0) is 56.0 Å². The standard InChI is InChI=1S/C26H35N3O2/c1-19-11-8-14-23(20(19)2)31-18-10-17-29-22-13-7-6-12-21(22)28-24(29)15-9-16-27-25(30)26(3,4)5/h6-8,11-14H,9-10,15-18H2,1-5H3,(H,27,30). The third-order valence-electron chi connectivity index (χ3n) is 5.62. The van der Waals surface area contributed by atoms with Crippen molar-refractivity contribution in [1.29, 1.82) is 0 Å². The molecule has 31 heavy (non-hydrogen) atoms. The molecule has 2 aromatic carbocycles. The number of amides is 1. The lowest BCUT2D eigenvalue weighted by Gasteiger charge is -2.17. The predicted molar refractivity (Wildman–Crippen MR) is 127 cm³/mol. The predicted octanol–water partition coefficient (Wildman–Crippen LogP) is 5.22. The number of rotatable bonds is 9. The first-order valence-electron chi connectivity index (χ1n) is 11.2. The van der Waals surface area contributed by atoms with Crippen LogP contribution in [0.25, 0.3) is 11.0 Å². The number of benzene rings is 2. The molecule has 5 heteroatoms. The normalized spacial score (nSPS) is 11.6. The van der Waals surface area contributed by atoms with Crippen molar-refractivity contribution in [2.24, 2.45) is 5.41 Å². The molecule has 1 aromatic heterocycles. The maximum Gasteiger partial charge on any atom is 0.225 e. The lowest BCUT2D eigenvalue weighted by molar-refractivity contribution is -0.128. The summed E-state index contributed by atoms with van der Waals surface area (Å²) < 4.78 is 8.34. The first kappa shape index (κ1) is 22.9. The van der Waals surface area contributed by atoms with Gasteiger partial charge in [-0.25, -0.2) is 4.98 Å². The van der Waals surface area contributed by atoms with E-state index in [1.54, 1.807) is 0 Å². The molecule has 0 aliphatic heterocycles. The van der Waals surface area contributed by atoms with Gasteiger partial charge in [0, 0.05) is 24.9 Å². The summed E-state index contributed by atoms with van der Waals surface area (Å²) in [6.07, 6.45) is 2.60. The molecule has 0 fully saturated rings. The van der Waals surface area contributed by atoms with E-state index in [0.717, 1.165) is 48.4 Å². The lowest BCUT2D eigenvalue weighted by Crippen LogP contribution is -2.35. The summed E-state index contributed by atoms with van der Waals surface area (Å²) in [6.45, 7) is 12.2.